The molecule has 1 aliphatic rings. The van der Waals surface area contributed by atoms with Crippen LogP contribution in [0.4, 0.5) is 0 Å². The van der Waals surface area contributed by atoms with Crippen LogP contribution in [0.25, 0.3) is 0 Å². The zero-order chi connectivity index (χ0) is 18.9. The second-order valence-electron chi connectivity index (χ2n) is 5.92. The van der Waals surface area contributed by atoms with Crippen molar-refractivity contribution >= 4 is 23.7 Å². The van der Waals surface area contributed by atoms with Crippen LogP contribution in [-0.4, -0.2) is 42.4 Å². The molecule has 0 bridgehead atoms. The Morgan fingerprint density at radius 1 is 1.19 bits per heavy atom. The third kappa shape index (κ3) is 6.08. The molecule has 1 fully saturated rings. The van der Waals surface area contributed by atoms with Crippen molar-refractivity contribution in [2.45, 2.75) is 38.3 Å². The number of nitrogens with zero attached hydrogens (tertiary/aromatic N) is 1. The molecule has 9 heteroatoms. The minimum Gasteiger partial charge on any atom is -0.368 e. The summed E-state index contributed by atoms with van der Waals surface area (Å²) >= 11 is 0. The van der Waals surface area contributed by atoms with Crippen molar-refractivity contribution in [1.29, 1.82) is 0 Å². The lowest BCUT2D eigenvalue weighted by molar-refractivity contribution is -0.145. The normalized spacial score (nSPS) is 20.1. The van der Waals surface area contributed by atoms with Gasteiger partial charge in [0.25, 0.3) is 0 Å². The van der Waals surface area contributed by atoms with E-state index >= 15 is 0 Å². The summed E-state index contributed by atoms with van der Waals surface area (Å²) in [6.45, 7) is 1.56. The molecular formula is C17H23N5O4. The Labute approximate surface area is 151 Å². The molecule has 0 aromatic heterocycles. The molecule has 26 heavy (non-hydrogen) atoms. The van der Waals surface area contributed by atoms with Crippen LogP contribution in [0.5, 0.6) is 0 Å². The lowest BCUT2D eigenvalue weighted by Crippen LogP contribution is -2.62. The maximum Gasteiger partial charge on any atom is 0.329 e. The van der Waals surface area contributed by atoms with E-state index in [-0.39, 0.29) is 17.8 Å². The SMILES string of the molecule is CC(=O)ONC(N)=NCCCC1NC(=O)C(Cc2ccccc2)NC1=O. The Hall–Kier alpha value is -3.10. The van der Waals surface area contributed by atoms with Crippen molar-refractivity contribution in [3.05, 3.63) is 35.9 Å². The molecular weight excluding hydrogens is 338 g/mol. The summed E-state index contributed by atoms with van der Waals surface area (Å²) in [6, 6.07) is 8.35. The fraction of sp³-hybridized carbons (Fsp3) is 0.412. The summed E-state index contributed by atoms with van der Waals surface area (Å²) in [5.74, 6) is -0.964. The molecule has 0 saturated carbocycles. The Kier molecular flexibility index (Phi) is 6.95. The van der Waals surface area contributed by atoms with Gasteiger partial charge in [-0.3, -0.25) is 19.4 Å². The molecule has 0 radical (unpaired) electrons. The smallest absolute Gasteiger partial charge is 0.329 e. The minimum absolute atomic E-state index is 0.0275. The van der Waals surface area contributed by atoms with E-state index in [2.05, 4.69) is 25.9 Å². The standard InChI is InChI=1S/C17H23N5O4/c1-11(23)26-22-17(18)19-9-5-8-13-15(24)21-14(16(25)20-13)10-12-6-3-2-4-7-12/h2-4,6-7,13-14H,5,8-10H2,1H3,(H,20,25)(H,21,24)(H3,18,19,22). The predicted octanol–water partition coefficient (Wildman–Crippen LogP) is -0.625. The number of rotatable bonds is 6. The Bertz CT molecular complexity index is 677. The van der Waals surface area contributed by atoms with Crippen molar-refractivity contribution in [2.75, 3.05) is 6.54 Å². The summed E-state index contributed by atoms with van der Waals surface area (Å²) < 4.78 is 0. The lowest BCUT2D eigenvalue weighted by Gasteiger charge is -2.29. The highest BCUT2D eigenvalue weighted by Crippen LogP contribution is 2.09. The topological polar surface area (TPSA) is 135 Å². The first-order valence-electron chi connectivity index (χ1n) is 8.33. The quantitative estimate of drug-likeness (QED) is 0.231. The number of carbonyl (C=O) groups is 3. The van der Waals surface area contributed by atoms with E-state index in [0.29, 0.717) is 25.8 Å². The number of hydroxylamine groups is 1. The van der Waals surface area contributed by atoms with Gasteiger partial charge in [0, 0.05) is 19.9 Å². The lowest BCUT2D eigenvalue weighted by atomic mass is 10.0. The summed E-state index contributed by atoms with van der Waals surface area (Å²) in [4.78, 5) is 43.4. The predicted molar refractivity (Wildman–Crippen MR) is 94.6 cm³/mol. The van der Waals surface area contributed by atoms with Gasteiger partial charge in [0.1, 0.15) is 12.1 Å². The second-order valence-corrected chi connectivity index (χ2v) is 5.92. The molecule has 2 atom stereocenters. The average molecular weight is 361 g/mol. The molecule has 1 aromatic carbocycles. The maximum absolute atomic E-state index is 12.2. The van der Waals surface area contributed by atoms with E-state index in [4.69, 9.17) is 5.73 Å². The number of benzene rings is 1. The highest BCUT2D eigenvalue weighted by atomic mass is 16.7. The van der Waals surface area contributed by atoms with Gasteiger partial charge in [0.05, 0.1) is 0 Å². The molecule has 2 unspecified atom stereocenters. The van der Waals surface area contributed by atoms with Crippen LogP contribution in [0.3, 0.4) is 0 Å². The van der Waals surface area contributed by atoms with Gasteiger partial charge in [0.15, 0.2) is 0 Å². The molecule has 9 nitrogen and oxygen atoms in total. The summed E-state index contributed by atoms with van der Waals surface area (Å²) in [6.07, 6.45) is 1.41. The third-order valence-electron chi connectivity index (χ3n) is 3.78. The van der Waals surface area contributed by atoms with Crippen LogP contribution < -0.4 is 21.8 Å². The number of piperazine rings is 1. The zero-order valence-electron chi connectivity index (χ0n) is 14.5. The Balaban J connectivity index is 1.75. The van der Waals surface area contributed by atoms with Gasteiger partial charge < -0.3 is 21.2 Å². The van der Waals surface area contributed by atoms with E-state index in [9.17, 15) is 14.4 Å². The van der Waals surface area contributed by atoms with Gasteiger partial charge in [-0.05, 0) is 18.4 Å². The first kappa shape index (κ1) is 19.2. The van der Waals surface area contributed by atoms with Gasteiger partial charge in [-0.1, -0.05) is 30.3 Å². The third-order valence-corrected chi connectivity index (χ3v) is 3.78. The van der Waals surface area contributed by atoms with Crippen LogP contribution in [0.15, 0.2) is 35.3 Å². The number of hydrogen-bond acceptors (Lipinski definition) is 5. The second kappa shape index (κ2) is 9.40. The van der Waals surface area contributed by atoms with E-state index in [1.54, 1.807) is 0 Å². The monoisotopic (exact) mass is 361 g/mol. The van der Waals surface area contributed by atoms with E-state index in [1.807, 2.05) is 30.3 Å². The molecule has 140 valence electrons. The molecule has 2 amide bonds. The molecule has 0 spiro atoms. The minimum atomic E-state index is -0.590. The van der Waals surface area contributed by atoms with Crippen molar-refractivity contribution in [3.63, 3.8) is 0 Å². The van der Waals surface area contributed by atoms with Gasteiger partial charge in [0.2, 0.25) is 17.8 Å². The maximum atomic E-state index is 12.2. The number of carbonyl (C=O) groups excluding carboxylic acids is 3. The van der Waals surface area contributed by atoms with Crippen LogP contribution in [0.1, 0.15) is 25.3 Å². The van der Waals surface area contributed by atoms with Crippen LogP contribution >= 0.6 is 0 Å². The number of amides is 2. The first-order valence-corrected chi connectivity index (χ1v) is 8.33. The molecule has 1 aromatic rings. The Morgan fingerprint density at radius 2 is 1.85 bits per heavy atom. The molecule has 0 aliphatic carbocycles. The summed E-state index contributed by atoms with van der Waals surface area (Å²) in [7, 11) is 0. The molecule has 5 N–H and O–H groups in total. The summed E-state index contributed by atoms with van der Waals surface area (Å²) in [5, 5.41) is 5.51. The van der Waals surface area contributed by atoms with Crippen molar-refractivity contribution in [1.82, 2.24) is 16.1 Å². The highest BCUT2D eigenvalue weighted by Gasteiger charge is 2.33. The molecule has 1 aliphatic heterocycles. The average Bonchev–Trinajstić information content (AvgIpc) is 2.61. The largest absolute Gasteiger partial charge is 0.368 e. The number of hydrogen-bond donors (Lipinski definition) is 4. The van der Waals surface area contributed by atoms with Gasteiger partial charge in [-0.2, -0.15) is 5.48 Å². The van der Waals surface area contributed by atoms with Gasteiger partial charge >= 0.3 is 5.97 Å². The van der Waals surface area contributed by atoms with E-state index < -0.39 is 18.1 Å². The number of guanidine groups is 1. The molecule has 2 rings (SSSR count). The van der Waals surface area contributed by atoms with Crippen LogP contribution in [-0.2, 0) is 25.6 Å². The van der Waals surface area contributed by atoms with E-state index in [0.717, 1.165) is 5.56 Å². The number of aliphatic imine (C=N–C) groups is 1. The number of nitrogens with one attached hydrogen (secondary N) is 3. The molecule has 1 saturated heterocycles. The zero-order valence-corrected chi connectivity index (χ0v) is 14.5. The van der Waals surface area contributed by atoms with Gasteiger partial charge in [-0.15, -0.1) is 0 Å². The highest BCUT2D eigenvalue weighted by molar-refractivity contribution is 5.97. The fourth-order valence-electron chi connectivity index (χ4n) is 2.52. The number of nitrogens with two attached hydrogens (primary N) is 1. The Morgan fingerprint density at radius 3 is 2.54 bits per heavy atom. The van der Waals surface area contributed by atoms with Crippen LogP contribution in [0, 0.1) is 0 Å². The van der Waals surface area contributed by atoms with Crippen LogP contribution in [0.2, 0.25) is 0 Å². The van der Waals surface area contributed by atoms with Crippen molar-refractivity contribution < 1.29 is 19.2 Å². The first-order chi connectivity index (χ1) is 12.5. The van der Waals surface area contributed by atoms with Gasteiger partial charge in [-0.25, -0.2) is 0 Å². The fourth-order valence-corrected chi connectivity index (χ4v) is 2.52. The summed E-state index contributed by atoms with van der Waals surface area (Å²) in [5.41, 5.74) is 8.67. The van der Waals surface area contributed by atoms with Crippen molar-refractivity contribution in [2.24, 2.45) is 10.7 Å². The molecule has 1 heterocycles. The van der Waals surface area contributed by atoms with E-state index in [1.165, 1.54) is 6.92 Å². The van der Waals surface area contributed by atoms with Crippen molar-refractivity contribution in [3.8, 4) is 0 Å².